The number of carbonyl (C=O) groups is 2. The van der Waals surface area contributed by atoms with Gasteiger partial charge in [-0.3, -0.25) is 0 Å². The van der Waals surface area contributed by atoms with Crippen LogP contribution in [0.15, 0.2) is 30.3 Å². The maximum Gasteiger partial charge on any atom is 0.407 e. The van der Waals surface area contributed by atoms with Crippen LogP contribution in [-0.2, 0) is 6.42 Å². The smallest absolute Gasteiger partial charge is 0.407 e. The third-order valence-corrected chi connectivity index (χ3v) is 7.57. The van der Waals surface area contributed by atoms with E-state index in [4.69, 9.17) is 0 Å². The zero-order valence-corrected chi connectivity index (χ0v) is 21.6. The normalized spacial score (nSPS) is 19.0. The molecule has 7 heteroatoms. The van der Waals surface area contributed by atoms with Crippen LogP contribution in [0, 0.1) is 0 Å². The van der Waals surface area contributed by atoms with E-state index in [0.717, 1.165) is 64.8 Å². The largest absolute Gasteiger partial charge is 0.465 e. The number of likely N-dealkylation sites (tertiary alicyclic amines) is 1. The predicted molar refractivity (Wildman–Crippen MR) is 136 cm³/mol. The van der Waals surface area contributed by atoms with Crippen LogP contribution >= 0.6 is 0 Å². The maximum absolute atomic E-state index is 13.5. The number of carbonyl (C=O) groups excluding carboxylic acids is 1. The van der Waals surface area contributed by atoms with Crippen molar-refractivity contribution in [1.82, 2.24) is 19.6 Å². The standard InChI is InChI=1S/C27H44N4O3/c1-5-16-30-24(32)29(17-9-18-31(25(33)34)26(2,3)4)22-15-27(30)13-20-28(21-14-27)19-12-23-10-7-6-8-11-23/h6-8,10-11H,5,9,12-22H2,1-4H3,(H,33,34). The van der Waals surface area contributed by atoms with Gasteiger partial charge in [-0.25, -0.2) is 9.59 Å². The molecule has 34 heavy (non-hydrogen) atoms. The zero-order valence-electron chi connectivity index (χ0n) is 21.6. The Morgan fingerprint density at radius 1 is 1.03 bits per heavy atom. The number of carboxylic acid groups (broad SMARTS) is 1. The van der Waals surface area contributed by atoms with Crippen molar-refractivity contribution in [2.24, 2.45) is 0 Å². The fourth-order valence-corrected chi connectivity index (χ4v) is 5.49. The van der Waals surface area contributed by atoms with Crippen LogP contribution < -0.4 is 0 Å². The summed E-state index contributed by atoms with van der Waals surface area (Å²) in [6.07, 6.45) is 4.87. The van der Waals surface area contributed by atoms with Crippen molar-refractivity contribution in [2.75, 3.05) is 45.8 Å². The summed E-state index contributed by atoms with van der Waals surface area (Å²) in [5.41, 5.74) is 0.919. The average Bonchev–Trinajstić information content (AvgIpc) is 2.80. The molecule has 7 nitrogen and oxygen atoms in total. The van der Waals surface area contributed by atoms with E-state index in [9.17, 15) is 14.7 Å². The van der Waals surface area contributed by atoms with Crippen LogP contribution in [0.3, 0.4) is 0 Å². The van der Waals surface area contributed by atoms with Crippen LogP contribution in [0.1, 0.15) is 65.4 Å². The molecular weight excluding hydrogens is 428 g/mol. The molecule has 0 aromatic heterocycles. The summed E-state index contributed by atoms with van der Waals surface area (Å²) >= 11 is 0. The molecule has 1 N–H and O–H groups in total. The Labute approximate surface area is 205 Å². The van der Waals surface area contributed by atoms with E-state index >= 15 is 0 Å². The molecule has 1 aromatic rings. The van der Waals surface area contributed by atoms with Gasteiger partial charge in [-0.1, -0.05) is 37.3 Å². The molecule has 0 aliphatic carbocycles. The number of hydrogen-bond donors (Lipinski definition) is 1. The third-order valence-electron chi connectivity index (χ3n) is 7.57. The first-order valence-corrected chi connectivity index (χ1v) is 13.0. The van der Waals surface area contributed by atoms with E-state index in [2.05, 4.69) is 47.1 Å². The monoisotopic (exact) mass is 472 g/mol. The van der Waals surface area contributed by atoms with Gasteiger partial charge in [-0.2, -0.15) is 0 Å². The summed E-state index contributed by atoms with van der Waals surface area (Å²) in [6.45, 7) is 13.6. The third kappa shape index (κ3) is 6.44. The lowest BCUT2D eigenvalue weighted by atomic mass is 9.80. The molecule has 0 saturated carbocycles. The van der Waals surface area contributed by atoms with E-state index in [1.807, 2.05) is 25.7 Å². The average molecular weight is 473 g/mol. The SMILES string of the molecule is CCCN1C(=O)N(CCCN(C(=O)O)C(C)(C)C)CCC12CCN(CCc1ccccc1)CC2. The van der Waals surface area contributed by atoms with E-state index in [1.54, 1.807) is 0 Å². The van der Waals surface area contributed by atoms with Crippen molar-refractivity contribution in [2.45, 2.75) is 77.3 Å². The van der Waals surface area contributed by atoms with Gasteiger partial charge >= 0.3 is 12.1 Å². The summed E-state index contributed by atoms with van der Waals surface area (Å²) in [6, 6.07) is 10.8. The Balaban J connectivity index is 1.54. The van der Waals surface area contributed by atoms with Crippen LogP contribution in [0.25, 0.3) is 0 Å². The number of nitrogens with zero attached hydrogens (tertiary/aromatic N) is 4. The Bertz CT molecular complexity index is 800. The van der Waals surface area contributed by atoms with E-state index in [0.29, 0.717) is 19.5 Å². The highest BCUT2D eigenvalue weighted by Crippen LogP contribution is 2.37. The highest BCUT2D eigenvalue weighted by molar-refractivity contribution is 5.76. The van der Waals surface area contributed by atoms with E-state index in [-0.39, 0.29) is 11.6 Å². The fourth-order valence-electron chi connectivity index (χ4n) is 5.49. The number of rotatable bonds is 9. The molecule has 0 radical (unpaired) electrons. The van der Waals surface area contributed by atoms with Crippen molar-refractivity contribution >= 4 is 12.1 Å². The number of piperidine rings is 1. The lowest BCUT2D eigenvalue weighted by Gasteiger charge is -2.54. The number of amides is 3. The highest BCUT2D eigenvalue weighted by Gasteiger charge is 2.46. The van der Waals surface area contributed by atoms with Gasteiger partial charge in [0.05, 0.1) is 0 Å². The molecule has 190 valence electrons. The number of hydrogen-bond acceptors (Lipinski definition) is 3. The maximum atomic E-state index is 13.5. The van der Waals surface area contributed by atoms with Gasteiger partial charge in [0.2, 0.25) is 0 Å². The molecule has 3 rings (SSSR count). The molecule has 2 heterocycles. The summed E-state index contributed by atoms with van der Waals surface area (Å²) in [5, 5.41) is 9.53. The molecule has 1 aromatic carbocycles. The van der Waals surface area contributed by atoms with Gasteiger partial charge in [-0.15, -0.1) is 0 Å². The molecule has 3 amide bonds. The second-order valence-corrected chi connectivity index (χ2v) is 10.9. The minimum absolute atomic E-state index is 0.0225. The Morgan fingerprint density at radius 3 is 2.26 bits per heavy atom. The van der Waals surface area contributed by atoms with Crippen molar-refractivity contribution in [1.29, 1.82) is 0 Å². The van der Waals surface area contributed by atoms with Gasteiger partial charge in [0.15, 0.2) is 0 Å². The second kappa shape index (κ2) is 11.4. The van der Waals surface area contributed by atoms with Gasteiger partial charge in [0.25, 0.3) is 0 Å². The first-order chi connectivity index (χ1) is 16.2. The molecule has 2 saturated heterocycles. The fraction of sp³-hybridized carbons (Fsp3) is 0.704. The molecule has 0 atom stereocenters. The van der Waals surface area contributed by atoms with E-state index < -0.39 is 11.6 Å². The van der Waals surface area contributed by atoms with Crippen LogP contribution in [0.2, 0.25) is 0 Å². The van der Waals surface area contributed by atoms with Gasteiger partial charge in [-0.05, 0) is 64.9 Å². The van der Waals surface area contributed by atoms with Gasteiger partial charge < -0.3 is 24.7 Å². The van der Waals surface area contributed by atoms with Gasteiger partial charge in [0.1, 0.15) is 0 Å². The lowest BCUT2D eigenvalue weighted by molar-refractivity contribution is -0.00311. The molecule has 2 fully saturated rings. The molecular formula is C27H44N4O3. The molecule has 0 bridgehead atoms. The van der Waals surface area contributed by atoms with Crippen LogP contribution in [0.4, 0.5) is 9.59 Å². The summed E-state index contributed by atoms with van der Waals surface area (Å²) in [7, 11) is 0. The summed E-state index contributed by atoms with van der Waals surface area (Å²) in [5.74, 6) is 0. The second-order valence-electron chi connectivity index (χ2n) is 10.9. The quantitative estimate of drug-likeness (QED) is 0.562. The van der Waals surface area contributed by atoms with Crippen molar-refractivity contribution in [3.05, 3.63) is 35.9 Å². The Kier molecular flexibility index (Phi) is 8.85. The van der Waals surface area contributed by atoms with Crippen molar-refractivity contribution in [3.8, 4) is 0 Å². The molecule has 2 aliphatic heterocycles. The minimum atomic E-state index is -0.900. The lowest BCUT2D eigenvalue weighted by Crippen LogP contribution is -2.65. The highest BCUT2D eigenvalue weighted by atomic mass is 16.4. The Hall–Kier alpha value is -2.28. The Morgan fingerprint density at radius 2 is 1.68 bits per heavy atom. The topological polar surface area (TPSA) is 67.3 Å². The number of benzene rings is 1. The summed E-state index contributed by atoms with van der Waals surface area (Å²) in [4.78, 5) is 33.2. The molecule has 1 spiro atoms. The number of urea groups is 1. The molecule has 0 unspecified atom stereocenters. The van der Waals surface area contributed by atoms with Gasteiger partial charge in [0, 0.05) is 56.9 Å². The van der Waals surface area contributed by atoms with Crippen LogP contribution in [-0.4, -0.2) is 93.7 Å². The first-order valence-electron chi connectivity index (χ1n) is 13.0. The van der Waals surface area contributed by atoms with Crippen molar-refractivity contribution < 1.29 is 14.7 Å². The van der Waals surface area contributed by atoms with Crippen LogP contribution in [0.5, 0.6) is 0 Å². The minimum Gasteiger partial charge on any atom is -0.465 e. The molecule has 2 aliphatic rings. The zero-order chi connectivity index (χ0) is 24.8. The summed E-state index contributed by atoms with van der Waals surface area (Å²) < 4.78 is 0. The first kappa shape index (κ1) is 26.3. The predicted octanol–water partition coefficient (Wildman–Crippen LogP) is 4.77. The van der Waals surface area contributed by atoms with E-state index in [1.165, 1.54) is 10.5 Å². The van der Waals surface area contributed by atoms with Crippen molar-refractivity contribution in [3.63, 3.8) is 0 Å².